The number of hydrazone groups is 1. The minimum Gasteiger partial charge on any atom is -0.377 e. The van der Waals surface area contributed by atoms with Crippen LogP contribution in [0.25, 0.3) is 0 Å². The zero-order valence-electron chi connectivity index (χ0n) is 5.33. The first-order valence-corrected chi connectivity index (χ1v) is 4.84. The third kappa shape index (κ3) is 5.85. The molecular weight excluding hydrogens is 154 g/mol. The Hall–Kier alpha value is -0.0300. The van der Waals surface area contributed by atoms with Crippen LogP contribution >= 0.6 is 23.5 Å². The minimum absolute atomic E-state index is 0.462. The van der Waals surface area contributed by atoms with Gasteiger partial charge >= 0.3 is 0 Å². The number of rotatable bonds is 3. The van der Waals surface area contributed by atoms with Gasteiger partial charge < -0.3 is 11.6 Å². The summed E-state index contributed by atoms with van der Waals surface area (Å²) in [6, 6.07) is 0. The van der Waals surface area contributed by atoms with E-state index in [0.29, 0.717) is 5.17 Å². The third-order valence-electron chi connectivity index (χ3n) is 0.665. The first kappa shape index (κ1) is 8.97. The number of nitrogens with zero attached hydrogens (tertiary/aromatic N) is 1. The lowest BCUT2D eigenvalue weighted by Crippen LogP contribution is -2.10. The molecule has 0 amide bonds. The van der Waals surface area contributed by atoms with Crippen LogP contribution in [0.3, 0.4) is 0 Å². The maximum atomic E-state index is 5.29. The topological polar surface area (TPSA) is 64.4 Å². The van der Waals surface area contributed by atoms with Gasteiger partial charge in [-0.3, -0.25) is 0 Å². The highest BCUT2D eigenvalue weighted by Crippen LogP contribution is 2.02. The van der Waals surface area contributed by atoms with E-state index >= 15 is 0 Å². The van der Waals surface area contributed by atoms with Crippen LogP contribution in [0.4, 0.5) is 0 Å². The Kier molecular flexibility index (Phi) is 6.08. The van der Waals surface area contributed by atoms with Crippen molar-refractivity contribution in [2.75, 3.05) is 17.8 Å². The van der Waals surface area contributed by atoms with Gasteiger partial charge in [-0.25, -0.2) is 0 Å². The van der Waals surface area contributed by atoms with E-state index in [-0.39, 0.29) is 0 Å². The highest BCUT2D eigenvalue weighted by molar-refractivity contribution is 8.14. The van der Waals surface area contributed by atoms with Crippen molar-refractivity contribution in [3.8, 4) is 0 Å². The Labute approximate surface area is 63.6 Å². The molecule has 0 unspecified atom stereocenters. The summed E-state index contributed by atoms with van der Waals surface area (Å²) in [5.41, 5.74) is 5.29. The summed E-state index contributed by atoms with van der Waals surface area (Å²) in [4.78, 5) is 0. The van der Waals surface area contributed by atoms with Gasteiger partial charge in [0.15, 0.2) is 5.17 Å². The van der Waals surface area contributed by atoms with Crippen LogP contribution in [0.5, 0.6) is 0 Å². The zero-order valence-corrected chi connectivity index (χ0v) is 6.97. The Balaban J connectivity index is 3.07. The lowest BCUT2D eigenvalue weighted by atomic mass is 11.0. The van der Waals surface area contributed by atoms with E-state index < -0.39 is 0 Å². The van der Waals surface area contributed by atoms with E-state index in [9.17, 15) is 0 Å². The van der Waals surface area contributed by atoms with Crippen LogP contribution in [-0.2, 0) is 0 Å². The molecule has 4 N–H and O–H groups in total. The van der Waals surface area contributed by atoms with Crippen LogP contribution in [0.1, 0.15) is 0 Å². The molecule has 0 aromatic carbocycles. The molecule has 9 heavy (non-hydrogen) atoms. The predicted octanol–water partition coefficient (Wildman–Crippen LogP) is 0.271. The van der Waals surface area contributed by atoms with Gasteiger partial charge in [0.05, 0.1) is 0 Å². The predicted molar refractivity (Wildman–Crippen MR) is 46.6 cm³/mol. The van der Waals surface area contributed by atoms with Gasteiger partial charge in [-0.2, -0.15) is 16.9 Å². The van der Waals surface area contributed by atoms with E-state index in [4.69, 9.17) is 11.6 Å². The fraction of sp³-hybridized carbons (Fsp3) is 0.750. The second kappa shape index (κ2) is 6.10. The summed E-state index contributed by atoms with van der Waals surface area (Å²) >= 11 is 3.26. The van der Waals surface area contributed by atoms with E-state index in [1.54, 1.807) is 11.8 Å². The molecule has 0 aromatic rings. The smallest absolute Gasteiger partial charge is 0.177 e. The first-order valence-electron chi connectivity index (χ1n) is 2.46. The van der Waals surface area contributed by atoms with Gasteiger partial charge in [0.1, 0.15) is 0 Å². The second-order valence-electron chi connectivity index (χ2n) is 1.31. The van der Waals surface area contributed by atoms with Crippen molar-refractivity contribution in [2.24, 2.45) is 16.7 Å². The largest absolute Gasteiger partial charge is 0.377 e. The summed E-state index contributed by atoms with van der Waals surface area (Å²) in [6.45, 7) is 0. The number of hydrogen-bond donors (Lipinski definition) is 2. The molecule has 0 atom stereocenters. The highest BCUT2D eigenvalue weighted by atomic mass is 32.2. The van der Waals surface area contributed by atoms with Crippen molar-refractivity contribution in [1.29, 1.82) is 0 Å². The summed E-state index contributed by atoms with van der Waals surface area (Å²) in [5, 5.41) is 3.77. The molecule has 0 aliphatic carbocycles. The fourth-order valence-corrected chi connectivity index (χ4v) is 1.55. The molecule has 0 rings (SSSR count). The second-order valence-corrected chi connectivity index (χ2v) is 3.41. The van der Waals surface area contributed by atoms with Crippen molar-refractivity contribution < 1.29 is 0 Å². The normalized spacial score (nSPS) is 11.9. The summed E-state index contributed by atoms with van der Waals surface area (Å²) in [6.07, 6.45) is 2.05. The van der Waals surface area contributed by atoms with Crippen molar-refractivity contribution >= 4 is 28.7 Å². The van der Waals surface area contributed by atoms with Crippen molar-refractivity contribution in [2.45, 2.75) is 0 Å². The Bertz CT molecular complexity index is 93.8. The van der Waals surface area contributed by atoms with Crippen LogP contribution in [0, 0.1) is 0 Å². The zero-order chi connectivity index (χ0) is 7.11. The molecule has 0 aromatic heterocycles. The molecule has 0 heterocycles. The minimum atomic E-state index is 0.462. The van der Waals surface area contributed by atoms with E-state index in [2.05, 4.69) is 11.4 Å². The molecule has 5 heteroatoms. The van der Waals surface area contributed by atoms with Crippen LogP contribution in [0.15, 0.2) is 5.10 Å². The lowest BCUT2D eigenvalue weighted by Gasteiger charge is -1.95. The quantitative estimate of drug-likeness (QED) is 0.207. The van der Waals surface area contributed by atoms with Gasteiger partial charge in [-0.1, -0.05) is 11.8 Å². The van der Waals surface area contributed by atoms with E-state index in [0.717, 1.165) is 11.5 Å². The molecule has 0 saturated carbocycles. The SMILES string of the molecule is CSCCSC(N)=NN. The van der Waals surface area contributed by atoms with E-state index in [1.165, 1.54) is 11.8 Å². The molecule has 0 saturated heterocycles. The molecule has 0 spiro atoms. The van der Waals surface area contributed by atoms with Crippen LogP contribution < -0.4 is 11.6 Å². The Morgan fingerprint density at radius 1 is 1.56 bits per heavy atom. The number of thioether (sulfide) groups is 2. The number of nitrogens with two attached hydrogens (primary N) is 2. The first-order chi connectivity index (χ1) is 4.31. The molecule has 0 aliphatic rings. The van der Waals surface area contributed by atoms with Crippen molar-refractivity contribution in [3.63, 3.8) is 0 Å². The number of amidine groups is 1. The Morgan fingerprint density at radius 2 is 2.22 bits per heavy atom. The standard InChI is InChI=1S/C4H11N3S2/c1-8-2-3-9-4(5)7-6/h2-3,6H2,1H3,(H2,5,7). The average molecular weight is 165 g/mol. The van der Waals surface area contributed by atoms with Crippen molar-refractivity contribution in [1.82, 2.24) is 0 Å². The maximum Gasteiger partial charge on any atom is 0.177 e. The molecule has 0 fully saturated rings. The Morgan fingerprint density at radius 3 is 2.67 bits per heavy atom. The lowest BCUT2D eigenvalue weighted by molar-refractivity contribution is 1.25. The van der Waals surface area contributed by atoms with Gasteiger partial charge in [0.25, 0.3) is 0 Å². The summed E-state index contributed by atoms with van der Waals surface area (Å²) in [5.74, 6) is 6.95. The summed E-state index contributed by atoms with van der Waals surface area (Å²) in [7, 11) is 0. The average Bonchev–Trinajstić information content (AvgIpc) is 1.89. The molecule has 54 valence electrons. The van der Waals surface area contributed by atoms with Crippen molar-refractivity contribution in [3.05, 3.63) is 0 Å². The molecular formula is C4H11N3S2. The monoisotopic (exact) mass is 165 g/mol. The molecule has 0 aliphatic heterocycles. The van der Waals surface area contributed by atoms with Gasteiger partial charge in [0.2, 0.25) is 0 Å². The third-order valence-corrected chi connectivity index (χ3v) is 2.34. The fourth-order valence-electron chi connectivity index (χ4n) is 0.267. The van der Waals surface area contributed by atoms with Gasteiger partial charge in [-0.15, -0.1) is 0 Å². The molecule has 0 radical (unpaired) electrons. The van der Waals surface area contributed by atoms with Gasteiger partial charge in [-0.05, 0) is 6.26 Å². The molecule has 0 bridgehead atoms. The van der Waals surface area contributed by atoms with Crippen LogP contribution in [0.2, 0.25) is 0 Å². The highest BCUT2D eigenvalue weighted by Gasteiger charge is 1.89. The van der Waals surface area contributed by atoms with Gasteiger partial charge in [0, 0.05) is 11.5 Å². The van der Waals surface area contributed by atoms with E-state index in [1.807, 2.05) is 0 Å². The maximum absolute atomic E-state index is 5.29. The van der Waals surface area contributed by atoms with Crippen LogP contribution in [-0.4, -0.2) is 22.9 Å². The summed E-state index contributed by atoms with van der Waals surface area (Å²) < 4.78 is 0. The number of hydrogen-bond acceptors (Lipinski definition) is 4. The molecule has 3 nitrogen and oxygen atoms in total.